The van der Waals surface area contributed by atoms with Crippen LogP contribution in [0.2, 0.25) is 0 Å². The summed E-state index contributed by atoms with van der Waals surface area (Å²) in [5.41, 5.74) is 0.726. The summed E-state index contributed by atoms with van der Waals surface area (Å²) in [6.07, 6.45) is 1.17. The number of carboxylic acid groups (broad SMARTS) is 1. The van der Waals surface area contributed by atoms with Crippen molar-refractivity contribution in [2.45, 2.75) is 18.9 Å². The lowest BCUT2D eigenvalue weighted by atomic mass is 9.82. The van der Waals surface area contributed by atoms with Crippen LogP contribution in [0.5, 0.6) is 5.75 Å². The largest absolute Gasteiger partial charge is 0.490 e. The third-order valence-electron chi connectivity index (χ3n) is 2.76. The van der Waals surface area contributed by atoms with E-state index in [-0.39, 0.29) is 12.0 Å². The van der Waals surface area contributed by atoms with Gasteiger partial charge in [-0.3, -0.25) is 4.79 Å². The van der Waals surface area contributed by atoms with Gasteiger partial charge < -0.3 is 9.84 Å². The second-order valence-electron chi connectivity index (χ2n) is 3.94. The Hall–Kier alpha value is -1.71. The lowest BCUT2D eigenvalue weighted by Gasteiger charge is -2.32. The van der Waals surface area contributed by atoms with E-state index in [0.717, 1.165) is 11.4 Å². The van der Waals surface area contributed by atoms with Crippen molar-refractivity contribution in [3.63, 3.8) is 0 Å². The zero-order chi connectivity index (χ0) is 12.3. The lowest BCUT2D eigenvalue weighted by molar-refractivity contribution is -0.147. The summed E-state index contributed by atoms with van der Waals surface area (Å²) in [5, 5.41) is 11.0. The zero-order valence-corrected chi connectivity index (χ0v) is 9.81. The van der Waals surface area contributed by atoms with E-state index in [4.69, 9.17) is 9.84 Å². The second kappa shape index (κ2) is 5.08. The molecule has 88 valence electrons. The van der Waals surface area contributed by atoms with Gasteiger partial charge in [-0.25, -0.2) is 0 Å². The van der Waals surface area contributed by atoms with Gasteiger partial charge in [-0.1, -0.05) is 0 Å². The fraction of sp³-hybridized carbons (Fsp3) is 0.333. The normalized spacial score (nSPS) is 22.1. The molecule has 0 saturated heterocycles. The fourth-order valence-electron chi connectivity index (χ4n) is 1.71. The van der Waals surface area contributed by atoms with E-state index in [1.165, 1.54) is 0 Å². The van der Waals surface area contributed by atoms with Crippen LogP contribution < -0.4 is 4.74 Å². The van der Waals surface area contributed by atoms with Crippen LogP contribution in [0.1, 0.15) is 12.8 Å². The molecule has 1 aromatic carbocycles. The number of carboxylic acids is 1. The number of carbonyl (C=O) groups is 1. The van der Waals surface area contributed by atoms with Gasteiger partial charge in [-0.05, 0) is 49.3 Å². The van der Waals surface area contributed by atoms with E-state index in [9.17, 15) is 4.79 Å². The topological polar surface area (TPSA) is 58.9 Å². The summed E-state index contributed by atoms with van der Waals surface area (Å²) in [6, 6.07) is 7.14. The average molecular weight is 249 g/mol. The van der Waals surface area contributed by atoms with Crippen molar-refractivity contribution in [2.24, 2.45) is 10.9 Å². The number of aliphatic imine (C=N–C) groups is 1. The van der Waals surface area contributed by atoms with Crippen molar-refractivity contribution >= 4 is 29.0 Å². The third kappa shape index (κ3) is 2.90. The predicted molar refractivity (Wildman–Crippen MR) is 65.9 cm³/mol. The molecular weight excluding hydrogens is 238 g/mol. The van der Waals surface area contributed by atoms with Crippen molar-refractivity contribution in [1.82, 2.24) is 0 Å². The van der Waals surface area contributed by atoms with Gasteiger partial charge >= 0.3 is 5.97 Å². The van der Waals surface area contributed by atoms with Crippen LogP contribution in [-0.4, -0.2) is 22.3 Å². The van der Waals surface area contributed by atoms with Gasteiger partial charge in [-0.15, -0.1) is 0 Å². The van der Waals surface area contributed by atoms with Crippen LogP contribution in [0.15, 0.2) is 29.3 Å². The summed E-state index contributed by atoms with van der Waals surface area (Å²) in [7, 11) is 0. The Morgan fingerprint density at radius 1 is 1.41 bits per heavy atom. The molecule has 0 unspecified atom stereocenters. The number of isothiocyanates is 1. The first kappa shape index (κ1) is 11.8. The molecule has 0 bridgehead atoms. The van der Waals surface area contributed by atoms with Gasteiger partial charge in [0.2, 0.25) is 0 Å². The SMILES string of the molecule is O=C(O)C1CC(Oc2ccc(N=C=S)cc2)C1. The molecule has 0 atom stereocenters. The minimum absolute atomic E-state index is 0.0102. The van der Waals surface area contributed by atoms with Gasteiger partial charge in [0.15, 0.2) is 0 Å². The van der Waals surface area contributed by atoms with Gasteiger partial charge in [0.1, 0.15) is 11.9 Å². The molecule has 17 heavy (non-hydrogen) atoms. The fourth-order valence-corrected chi connectivity index (χ4v) is 1.81. The maximum atomic E-state index is 10.6. The number of nitrogens with zero attached hydrogens (tertiary/aromatic N) is 1. The highest BCUT2D eigenvalue weighted by molar-refractivity contribution is 7.78. The lowest BCUT2D eigenvalue weighted by Crippen LogP contribution is -2.38. The monoisotopic (exact) mass is 249 g/mol. The number of hydrogen-bond acceptors (Lipinski definition) is 4. The minimum Gasteiger partial charge on any atom is -0.490 e. The average Bonchev–Trinajstić information content (AvgIpc) is 2.25. The van der Waals surface area contributed by atoms with Crippen LogP contribution in [-0.2, 0) is 4.79 Å². The molecule has 1 aromatic rings. The van der Waals surface area contributed by atoms with Crippen molar-refractivity contribution in [2.75, 3.05) is 0 Å². The number of aliphatic carboxylic acids is 1. The number of ether oxygens (including phenoxy) is 1. The standard InChI is InChI=1S/C12H11NO3S/c14-12(15)8-5-11(6-8)16-10-3-1-9(2-4-10)13-7-17/h1-4,8,11H,5-6H2,(H,14,15). The van der Waals surface area contributed by atoms with Crippen molar-refractivity contribution in [3.8, 4) is 5.75 Å². The molecule has 0 spiro atoms. The molecule has 0 amide bonds. The van der Waals surface area contributed by atoms with E-state index < -0.39 is 5.97 Å². The van der Waals surface area contributed by atoms with Crippen molar-refractivity contribution in [1.29, 1.82) is 0 Å². The highest BCUT2D eigenvalue weighted by Crippen LogP contribution is 2.31. The maximum Gasteiger partial charge on any atom is 0.306 e. The van der Waals surface area contributed by atoms with Gasteiger partial charge in [0.05, 0.1) is 16.8 Å². The molecule has 1 N–H and O–H groups in total. The van der Waals surface area contributed by atoms with Crippen LogP contribution >= 0.6 is 12.2 Å². The van der Waals surface area contributed by atoms with Crippen LogP contribution in [0, 0.1) is 5.92 Å². The van der Waals surface area contributed by atoms with Crippen LogP contribution in [0.3, 0.4) is 0 Å². The number of thiocarbonyl (C=S) groups is 1. The smallest absolute Gasteiger partial charge is 0.306 e. The molecule has 1 aliphatic rings. The molecule has 0 heterocycles. The number of rotatable bonds is 4. The van der Waals surface area contributed by atoms with E-state index >= 15 is 0 Å². The third-order valence-corrected chi connectivity index (χ3v) is 2.85. The molecule has 2 rings (SSSR count). The molecule has 0 radical (unpaired) electrons. The van der Waals surface area contributed by atoms with Crippen molar-refractivity contribution < 1.29 is 14.6 Å². The first-order chi connectivity index (χ1) is 8.19. The van der Waals surface area contributed by atoms with Crippen molar-refractivity contribution in [3.05, 3.63) is 24.3 Å². The Bertz CT molecular complexity index is 459. The predicted octanol–water partition coefficient (Wildman–Crippen LogP) is 2.66. The molecule has 1 fully saturated rings. The quantitative estimate of drug-likeness (QED) is 0.658. The second-order valence-corrected chi connectivity index (χ2v) is 4.13. The van der Waals surface area contributed by atoms with Crippen LogP contribution in [0.4, 0.5) is 5.69 Å². The van der Waals surface area contributed by atoms with Gasteiger partial charge in [0, 0.05) is 0 Å². The Labute approximate surface area is 104 Å². The molecule has 0 aromatic heterocycles. The van der Waals surface area contributed by atoms with Crippen LogP contribution in [0.25, 0.3) is 0 Å². The minimum atomic E-state index is -0.740. The van der Waals surface area contributed by atoms with E-state index in [1.807, 2.05) is 0 Å². The molecule has 1 saturated carbocycles. The summed E-state index contributed by atoms with van der Waals surface area (Å²) in [6.45, 7) is 0. The summed E-state index contributed by atoms with van der Waals surface area (Å²) in [4.78, 5) is 14.4. The molecule has 0 aliphatic heterocycles. The van der Waals surface area contributed by atoms with E-state index in [2.05, 4.69) is 22.4 Å². The summed E-state index contributed by atoms with van der Waals surface area (Å²) >= 11 is 4.50. The zero-order valence-electron chi connectivity index (χ0n) is 9.00. The van der Waals surface area contributed by atoms with Gasteiger partial charge in [0.25, 0.3) is 0 Å². The Morgan fingerprint density at radius 2 is 2.06 bits per heavy atom. The highest BCUT2D eigenvalue weighted by atomic mass is 32.1. The molecule has 1 aliphatic carbocycles. The number of hydrogen-bond donors (Lipinski definition) is 1. The summed E-state index contributed by atoms with van der Waals surface area (Å²) < 4.78 is 5.61. The van der Waals surface area contributed by atoms with E-state index in [1.54, 1.807) is 24.3 Å². The number of benzene rings is 1. The maximum absolute atomic E-state index is 10.6. The van der Waals surface area contributed by atoms with E-state index in [0.29, 0.717) is 12.8 Å². The first-order valence-electron chi connectivity index (χ1n) is 5.26. The molecule has 5 heteroatoms. The first-order valence-corrected chi connectivity index (χ1v) is 5.67. The Morgan fingerprint density at radius 3 is 2.59 bits per heavy atom. The van der Waals surface area contributed by atoms with Gasteiger partial charge in [-0.2, -0.15) is 4.99 Å². The summed E-state index contributed by atoms with van der Waals surface area (Å²) in [5.74, 6) is -0.267. The molecular formula is C12H11NO3S. The molecule has 4 nitrogen and oxygen atoms in total. The Balaban J connectivity index is 1.88. The Kier molecular flexibility index (Phi) is 3.52. The highest BCUT2D eigenvalue weighted by Gasteiger charge is 2.35.